The average Bonchev–Trinajstić information content (AvgIpc) is 2.52. The molecule has 2 atom stereocenters. The summed E-state index contributed by atoms with van der Waals surface area (Å²) in [7, 11) is 3.59. The minimum Gasteiger partial charge on any atom is -0.497 e. The van der Waals surface area contributed by atoms with Crippen molar-refractivity contribution in [3.8, 4) is 5.75 Å². The van der Waals surface area contributed by atoms with Crippen molar-refractivity contribution in [3.63, 3.8) is 0 Å². The Hall–Kier alpha value is -2.12. The lowest BCUT2D eigenvalue weighted by Crippen LogP contribution is -2.55. The fourth-order valence-electron chi connectivity index (χ4n) is 1.82. The van der Waals surface area contributed by atoms with Gasteiger partial charge in [-0.05, 0) is 17.7 Å². The molecule has 21 heavy (non-hydrogen) atoms. The first kappa shape index (κ1) is 16.9. The van der Waals surface area contributed by atoms with Gasteiger partial charge >= 0.3 is 11.9 Å². The molecule has 0 bridgehead atoms. The predicted octanol–water partition coefficient (Wildman–Crippen LogP) is -0.324. The van der Waals surface area contributed by atoms with Crippen LogP contribution in [0, 0.1) is 0 Å². The van der Waals surface area contributed by atoms with Gasteiger partial charge in [-0.25, -0.2) is 9.59 Å². The zero-order chi connectivity index (χ0) is 16.0. The van der Waals surface area contributed by atoms with Gasteiger partial charge in [-0.2, -0.15) is 0 Å². The molecule has 7 heteroatoms. The highest BCUT2D eigenvalue weighted by Gasteiger charge is 2.49. The van der Waals surface area contributed by atoms with Gasteiger partial charge in [-0.3, -0.25) is 0 Å². The SMILES string of the molecule is COC(=O)C(O)C(O)(Cc1ccc(OC)cc1)C(=O)OC. The highest BCUT2D eigenvalue weighted by molar-refractivity contribution is 5.89. The molecule has 0 fully saturated rings. The summed E-state index contributed by atoms with van der Waals surface area (Å²) < 4.78 is 13.8. The molecule has 0 aromatic heterocycles. The smallest absolute Gasteiger partial charge is 0.341 e. The number of hydrogen-bond donors (Lipinski definition) is 2. The van der Waals surface area contributed by atoms with E-state index in [0.29, 0.717) is 11.3 Å². The Morgan fingerprint density at radius 1 is 1.14 bits per heavy atom. The maximum absolute atomic E-state index is 11.8. The van der Waals surface area contributed by atoms with Crippen molar-refractivity contribution >= 4 is 11.9 Å². The predicted molar refractivity (Wildman–Crippen MR) is 71.7 cm³/mol. The minimum absolute atomic E-state index is 0.320. The Kier molecular flexibility index (Phi) is 5.69. The third-order valence-electron chi connectivity index (χ3n) is 3.05. The van der Waals surface area contributed by atoms with Crippen molar-refractivity contribution in [1.29, 1.82) is 0 Å². The lowest BCUT2D eigenvalue weighted by atomic mass is 9.89. The fraction of sp³-hybridized carbons (Fsp3) is 0.429. The van der Waals surface area contributed by atoms with Gasteiger partial charge in [0.2, 0.25) is 5.60 Å². The number of carbonyl (C=O) groups excluding carboxylic acids is 2. The van der Waals surface area contributed by atoms with E-state index in [2.05, 4.69) is 9.47 Å². The molecule has 0 aliphatic carbocycles. The van der Waals surface area contributed by atoms with Crippen molar-refractivity contribution in [2.24, 2.45) is 0 Å². The van der Waals surface area contributed by atoms with Gasteiger partial charge in [0.1, 0.15) is 5.75 Å². The third kappa shape index (κ3) is 3.71. The van der Waals surface area contributed by atoms with E-state index >= 15 is 0 Å². The quantitative estimate of drug-likeness (QED) is 0.694. The van der Waals surface area contributed by atoms with Crippen LogP contribution in [0.5, 0.6) is 5.75 Å². The van der Waals surface area contributed by atoms with Crippen LogP contribution in [0.3, 0.4) is 0 Å². The van der Waals surface area contributed by atoms with E-state index in [4.69, 9.17) is 4.74 Å². The van der Waals surface area contributed by atoms with E-state index in [-0.39, 0.29) is 6.42 Å². The van der Waals surface area contributed by atoms with Crippen molar-refractivity contribution in [2.75, 3.05) is 21.3 Å². The Balaban J connectivity index is 3.07. The molecule has 0 spiro atoms. The average molecular weight is 298 g/mol. The Morgan fingerprint density at radius 2 is 1.71 bits per heavy atom. The van der Waals surface area contributed by atoms with Crippen LogP contribution >= 0.6 is 0 Å². The molecular weight excluding hydrogens is 280 g/mol. The normalized spacial score (nSPS) is 14.7. The Morgan fingerprint density at radius 3 is 2.14 bits per heavy atom. The molecular formula is C14H18O7. The number of ether oxygens (including phenoxy) is 3. The van der Waals surface area contributed by atoms with Gasteiger partial charge < -0.3 is 24.4 Å². The van der Waals surface area contributed by atoms with Crippen LogP contribution in [-0.4, -0.2) is 55.2 Å². The second-order valence-electron chi connectivity index (χ2n) is 4.37. The first-order valence-electron chi connectivity index (χ1n) is 6.08. The summed E-state index contributed by atoms with van der Waals surface area (Å²) in [6, 6.07) is 6.43. The number of esters is 2. The van der Waals surface area contributed by atoms with E-state index in [1.807, 2.05) is 0 Å². The summed E-state index contributed by atoms with van der Waals surface area (Å²) in [6.45, 7) is 0. The van der Waals surface area contributed by atoms with E-state index in [1.165, 1.54) is 7.11 Å². The van der Waals surface area contributed by atoms with Crippen LogP contribution in [0.15, 0.2) is 24.3 Å². The Bertz CT molecular complexity index is 497. The van der Waals surface area contributed by atoms with E-state index in [1.54, 1.807) is 24.3 Å². The molecule has 7 nitrogen and oxygen atoms in total. The highest BCUT2D eigenvalue weighted by atomic mass is 16.6. The van der Waals surface area contributed by atoms with Gasteiger partial charge in [0, 0.05) is 6.42 Å². The topological polar surface area (TPSA) is 102 Å². The van der Waals surface area contributed by atoms with Gasteiger partial charge in [0.25, 0.3) is 0 Å². The van der Waals surface area contributed by atoms with Gasteiger partial charge in [0.05, 0.1) is 21.3 Å². The molecule has 1 aromatic rings. The number of hydrogen-bond acceptors (Lipinski definition) is 7. The van der Waals surface area contributed by atoms with Crippen molar-refractivity contribution in [2.45, 2.75) is 18.1 Å². The monoisotopic (exact) mass is 298 g/mol. The van der Waals surface area contributed by atoms with Crippen LogP contribution in [0.2, 0.25) is 0 Å². The van der Waals surface area contributed by atoms with Crippen LogP contribution < -0.4 is 4.74 Å². The van der Waals surface area contributed by atoms with Crippen molar-refractivity contribution in [3.05, 3.63) is 29.8 Å². The lowest BCUT2D eigenvalue weighted by Gasteiger charge is -2.28. The van der Waals surface area contributed by atoms with Crippen LogP contribution in [0.4, 0.5) is 0 Å². The molecule has 1 rings (SSSR count). The molecule has 0 saturated carbocycles. The van der Waals surface area contributed by atoms with E-state index in [0.717, 1.165) is 14.2 Å². The second-order valence-corrected chi connectivity index (χ2v) is 4.37. The minimum atomic E-state index is -2.43. The summed E-state index contributed by atoms with van der Waals surface area (Å²) in [6.07, 6.45) is -2.38. The highest BCUT2D eigenvalue weighted by Crippen LogP contribution is 2.22. The molecule has 0 radical (unpaired) electrons. The summed E-state index contributed by atoms with van der Waals surface area (Å²) >= 11 is 0. The maximum atomic E-state index is 11.8. The van der Waals surface area contributed by atoms with Crippen molar-refractivity contribution in [1.82, 2.24) is 0 Å². The van der Waals surface area contributed by atoms with Crippen molar-refractivity contribution < 1.29 is 34.0 Å². The molecule has 1 aromatic carbocycles. The molecule has 0 amide bonds. The molecule has 0 aliphatic rings. The van der Waals surface area contributed by atoms with E-state index in [9.17, 15) is 19.8 Å². The number of methoxy groups -OCH3 is 3. The summed E-state index contributed by atoms with van der Waals surface area (Å²) in [5, 5.41) is 20.2. The van der Waals surface area contributed by atoms with Crippen LogP contribution in [-0.2, 0) is 25.5 Å². The van der Waals surface area contributed by atoms with Gasteiger partial charge in [-0.1, -0.05) is 12.1 Å². The molecule has 0 heterocycles. The first-order chi connectivity index (χ1) is 9.88. The maximum Gasteiger partial charge on any atom is 0.341 e. The molecule has 2 N–H and O–H groups in total. The van der Waals surface area contributed by atoms with Crippen LogP contribution in [0.1, 0.15) is 5.56 Å². The third-order valence-corrected chi connectivity index (χ3v) is 3.05. The summed E-state index contributed by atoms with van der Waals surface area (Å²) in [4.78, 5) is 23.2. The summed E-state index contributed by atoms with van der Waals surface area (Å²) in [5.41, 5.74) is -1.93. The first-order valence-corrected chi connectivity index (χ1v) is 6.08. The zero-order valence-electron chi connectivity index (χ0n) is 12.0. The number of carbonyl (C=O) groups is 2. The van der Waals surface area contributed by atoms with E-state index < -0.39 is 23.6 Å². The Labute approximate surface area is 122 Å². The molecule has 0 saturated heterocycles. The number of aliphatic hydroxyl groups excluding tert-OH is 1. The molecule has 2 unspecified atom stereocenters. The van der Waals surface area contributed by atoms with Gasteiger partial charge in [-0.15, -0.1) is 0 Å². The summed E-state index contributed by atoms with van der Waals surface area (Å²) in [5.74, 6) is -1.67. The number of aliphatic hydroxyl groups is 2. The van der Waals surface area contributed by atoms with Crippen LogP contribution in [0.25, 0.3) is 0 Å². The fourth-order valence-corrected chi connectivity index (χ4v) is 1.82. The lowest BCUT2D eigenvalue weighted by molar-refractivity contribution is -0.187. The zero-order valence-corrected chi connectivity index (χ0v) is 12.0. The van der Waals surface area contributed by atoms with Gasteiger partial charge in [0.15, 0.2) is 6.10 Å². The molecule has 116 valence electrons. The number of rotatable bonds is 6. The number of benzene rings is 1. The second kappa shape index (κ2) is 7.05. The molecule has 0 aliphatic heterocycles. The standard InChI is InChI=1S/C14H18O7/c1-19-10-6-4-9(5-7-10)8-14(18,13(17)21-3)11(15)12(16)20-2/h4-7,11,15,18H,8H2,1-3H3. The largest absolute Gasteiger partial charge is 0.497 e.